The summed E-state index contributed by atoms with van der Waals surface area (Å²) in [5.41, 5.74) is 4.42. The average Bonchev–Trinajstić information content (AvgIpc) is 3.22. The van der Waals surface area contributed by atoms with Crippen LogP contribution in [0.5, 0.6) is 0 Å². The highest BCUT2D eigenvalue weighted by atomic mass is 32.1. The van der Waals surface area contributed by atoms with Crippen molar-refractivity contribution < 1.29 is 18.7 Å². The number of amides is 2. The lowest BCUT2D eigenvalue weighted by Gasteiger charge is -2.36. The number of esters is 1. The van der Waals surface area contributed by atoms with Gasteiger partial charge in [0.1, 0.15) is 5.82 Å². The minimum Gasteiger partial charge on any atom is -0.465 e. The first kappa shape index (κ1) is 21.6. The van der Waals surface area contributed by atoms with Gasteiger partial charge in [-0.15, -0.1) is 11.3 Å². The predicted octanol–water partition coefficient (Wildman–Crippen LogP) is 5.73. The Labute approximate surface area is 196 Å². The maximum absolute atomic E-state index is 13.7. The summed E-state index contributed by atoms with van der Waals surface area (Å²) in [6.07, 6.45) is 5.37. The van der Waals surface area contributed by atoms with Crippen LogP contribution in [0.4, 0.5) is 14.9 Å². The van der Waals surface area contributed by atoms with E-state index in [9.17, 15) is 14.0 Å². The highest BCUT2D eigenvalue weighted by Crippen LogP contribution is 2.45. The van der Waals surface area contributed by atoms with Gasteiger partial charge in [0.05, 0.1) is 24.4 Å². The molecule has 2 aromatic carbocycles. The minimum atomic E-state index is -0.507. The second-order valence-corrected chi connectivity index (χ2v) is 9.56. The van der Waals surface area contributed by atoms with Crippen molar-refractivity contribution in [2.24, 2.45) is 0 Å². The molecule has 2 heterocycles. The van der Waals surface area contributed by atoms with Crippen molar-refractivity contribution >= 4 is 29.0 Å². The lowest BCUT2D eigenvalue weighted by molar-refractivity contribution is 0.0602. The summed E-state index contributed by atoms with van der Waals surface area (Å²) in [5, 5.41) is 2.92. The second-order valence-electron chi connectivity index (χ2n) is 8.42. The third kappa shape index (κ3) is 4.02. The van der Waals surface area contributed by atoms with Crippen molar-refractivity contribution in [3.63, 3.8) is 0 Å². The number of methoxy groups -OCH3 is 1. The molecule has 0 saturated heterocycles. The number of nitrogens with zero attached hydrogens (tertiary/aromatic N) is 1. The number of carbonyl (C=O) groups excluding carboxylic acids is 2. The van der Waals surface area contributed by atoms with Gasteiger partial charge in [-0.25, -0.2) is 14.0 Å². The summed E-state index contributed by atoms with van der Waals surface area (Å²) in [6.45, 7) is 0.546. The lowest BCUT2D eigenvalue weighted by Crippen LogP contribution is -2.42. The van der Waals surface area contributed by atoms with Gasteiger partial charge in [0, 0.05) is 16.3 Å². The normalized spacial score (nSPS) is 17.2. The third-order valence-corrected chi connectivity index (χ3v) is 7.88. The molecule has 1 aromatic heterocycles. The van der Waals surface area contributed by atoms with E-state index in [1.807, 2.05) is 0 Å². The van der Waals surface area contributed by atoms with Crippen LogP contribution < -0.4 is 5.32 Å². The first-order valence-electron chi connectivity index (χ1n) is 11.2. The van der Waals surface area contributed by atoms with Gasteiger partial charge in [-0.05, 0) is 73.1 Å². The fourth-order valence-corrected chi connectivity index (χ4v) is 6.50. The maximum atomic E-state index is 13.7. The van der Waals surface area contributed by atoms with Gasteiger partial charge < -0.3 is 15.0 Å². The van der Waals surface area contributed by atoms with Gasteiger partial charge in [-0.3, -0.25) is 0 Å². The van der Waals surface area contributed by atoms with E-state index >= 15 is 0 Å². The molecule has 1 atom stereocenters. The van der Waals surface area contributed by atoms with Crippen molar-refractivity contribution in [2.45, 2.75) is 38.1 Å². The summed E-state index contributed by atoms with van der Waals surface area (Å²) in [4.78, 5) is 30.1. The zero-order valence-corrected chi connectivity index (χ0v) is 19.2. The van der Waals surface area contributed by atoms with Gasteiger partial charge >= 0.3 is 12.0 Å². The van der Waals surface area contributed by atoms with E-state index in [0.717, 1.165) is 24.8 Å². The van der Waals surface area contributed by atoms with E-state index in [0.29, 0.717) is 17.8 Å². The third-order valence-electron chi connectivity index (χ3n) is 6.50. The van der Waals surface area contributed by atoms with Gasteiger partial charge in [0.25, 0.3) is 0 Å². The largest absolute Gasteiger partial charge is 0.465 e. The number of ether oxygens (including phenoxy) is 1. The Morgan fingerprint density at radius 3 is 2.58 bits per heavy atom. The van der Waals surface area contributed by atoms with Crippen LogP contribution in [0.1, 0.15) is 55.7 Å². The van der Waals surface area contributed by atoms with Crippen molar-refractivity contribution in [1.29, 1.82) is 0 Å². The Balaban J connectivity index is 1.53. The molecule has 0 saturated carbocycles. The smallest absolute Gasteiger partial charge is 0.339 e. The first-order chi connectivity index (χ1) is 16.1. The fourth-order valence-electron chi connectivity index (χ4n) is 4.91. The lowest BCUT2D eigenvalue weighted by atomic mass is 9.88. The predicted molar refractivity (Wildman–Crippen MR) is 126 cm³/mol. The molecule has 1 aliphatic heterocycles. The molecule has 5 rings (SSSR count). The molecule has 1 N–H and O–H groups in total. The molecular formula is C26H25FN2O3S. The molecule has 1 aliphatic carbocycles. The van der Waals surface area contributed by atoms with Gasteiger partial charge in [0.15, 0.2) is 0 Å². The number of benzene rings is 2. The SMILES string of the molecule is COC(=O)c1ccccc1NC(=O)N1CCc2c(sc3c2CCCC3)[C@H]1c1ccc(F)cc1. The monoisotopic (exact) mass is 464 g/mol. The molecule has 2 amide bonds. The van der Waals surface area contributed by atoms with Crippen LogP contribution in [0.2, 0.25) is 0 Å². The number of rotatable bonds is 3. The van der Waals surface area contributed by atoms with Crippen LogP contribution in [0, 0.1) is 5.82 Å². The highest BCUT2D eigenvalue weighted by Gasteiger charge is 2.36. The Kier molecular flexibility index (Phi) is 5.89. The van der Waals surface area contributed by atoms with Crippen LogP contribution in [0.25, 0.3) is 0 Å². The Morgan fingerprint density at radius 1 is 1.03 bits per heavy atom. The summed E-state index contributed by atoms with van der Waals surface area (Å²) in [5.74, 6) is -0.809. The van der Waals surface area contributed by atoms with Crippen LogP contribution in [0.15, 0.2) is 48.5 Å². The zero-order chi connectivity index (χ0) is 22.9. The average molecular weight is 465 g/mol. The number of fused-ring (bicyclic) bond motifs is 3. The number of anilines is 1. The Hall–Kier alpha value is -3.19. The number of thiophene rings is 1. The number of halogens is 1. The number of hydrogen-bond donors (Lipinski definition) is 1. The molecule has 3 aromatic rings. The quantitative estimate of drug-likeness (QED) is 0.504. The fraction of sp³-hybridized carbons (Fsp3) is 0.308. The van der Waals surface area contributed by atoms with Crippen LogP contribution in [-0.2, 0) is 24.0 Å². The number of aryl methyl sites for hydroxylation is 1. The molecular weight excluding hydrogens is 439 g/mol. The standard InChI is InChI=1S/C26H25FN2O3S/c1-32-25(30)20-7-2-4-8-21(20)28-26(31)29-15-14-19-18-6-3-5-9-22(18)33-24(19)23(29)16-10-12-17(27)13-11-16/h2,4,7-8,10-13,23H,3,5-6,9,14-15H2,1H3,(H,28,31)/t23-/m1/s1. The molecule has 5 nitrogen and oxygen atoms in total. The van der Waals surface area contributed by atoms with Crippen LogP contribution >= 0.6 is 11.3 Å². The van der Waals surface area contributed by atoms with Crippen molar-refractivity contribution in [2.75, 3.05) is 19.0 Å². The second kappa shape index (κ2) is 8.98. The van der Waals surface area contributed by atoms with Gasteiger partial charge in [0.2, 0.25) is 0 Å². The zero-order valence-electron chi connectivity index (χ0n) is 18.4. The topological polar surface area (TPSA) is 58.6 Å². The first-order valence-corrected chi connectivity index (χ1v) is 12.0. The van der Waals surface area contributed by atoms with E-state index in [-0.39, 0.29) is 17.9 Å². The molecule has 0 fully saturated rings. The molecule has 7 heteroatoms. The van der Waals surface area contributed by atoms with Crippen molar-refractivity contribution in [1.82, 2.24) is 4.90 Å². The number of hydrogen-bond acceptors (Lipinski definition) is 4. The summed E-state index contributed by atoms with van der Waals surface area (Å²) in [7, 11) is 1.32. The minimum absolute atomic E-state index is 0.294. The number of para-hydroxylation sites is 1. The number of nitrogens with one attached hydrogen (secondary N) is 1. The number of urea groups is 1. The van der Waals surface area contributed by atoms with E-state index < -0.39 is 5.97 Å². The van der Waals surface area contributed by atoms with Gasteiger partial charge in [-0.1, -0.05) is 24.3 Å². The Morgan fingerprint density at radius 2 is 1.79 bits per heavy atom. The van der Waals surface area contributed by atoms with E-state index in [4.69, 9.17) is 4.74 Å². The van der Waals surface area contributed by atoms with E-state index in [2.05, 4.69) is 5.32 Å². The molecule has 0 bridgehead atoms. The molecule has 0 spiro atoms. The maximum Gasteiger partial charge on any atom is 0.339 e. The highest BCUT2D eigenvalue weighted by molar-refractivity contribution is 7.12. The molecule has 170 valence electrons. The molecule has 2 aliphatic rings. The summed E-state index contributed by atoms with van der Waals surface area (Å²) in [6, 6.07) is 12.6. The number of carbonyl (C=O) groups is 2. The Bertz CT molecular complexity index is 1200. The summed E-state index contributed by atoms with van der Waals surface area (Å²) >= 11 is 1.79. The summed E-state index contributed by atoms with van der Waals surface area (Å²) < 4.78 is 18.6. The molecule has 0 radical (unpaired) electrons. The van der Waals surface area contributed by atoms with Gasteiger partial charge in [-0.2, -0.15) is 0 Å². The molecule has 33 heavy (non-hydrogen) atoms. The van der Waals surface area contributed by atoms with Crippen LogP contribution in [0.3, 0.4) is 0 Å². The van der Waals surface area contributed by atoms with E-state index in [1.54, 1.807) is 52.6 Å². The van der Waals surface area contributed by atoms with Crippen LogP contribution in [-0.4, -0.2) is 30.6 Å². The van der Waals surface area contributed by atoms with Crippen molar-refractivity contribution in [3.05, 3.63) is 86.4 Å². The van der Waals surface area contributed by atoms with E-state index in [1.165, 1.54) is 53.0 Å². The molecule has 0 unspecified atom stereocenters. The van der Waals surface area contributed by atoms with Crippen molar-refractivity contribution in [3.8, 4) is 0 Å².